The van der Waals surface area contributed by atoms with Crippen molar-refractivity contribution >= 4 is 0 Å². The molecule has 1 aromatic carbocycles. The standard InChI is InChI=1S/C15H17NO2/c16-10-12-4-2-5-13-11(3-1-6-14(12)13)9-15-17-7-8-18-15/h1,3,6,12,15H,2,4-5,7-9H2. The highest BCUT2D eigenvalue weighted by atomic mass is 16.7. The van der Waals surface area contributed by atoms with E-state index in [0.717, 1.165) is 25.7 Å². The Hall–Kier alpha value is -1.37. The third-order valence-corrected chi connectivity index (χ3v) is 3.84. The van der Waals surface area contributed by atoms with Crippen molar-refractivity contribution in [2.24, 2.45) is 0 Å². The number of benzene rings is 1. The van der Waals surface area contributed by atoms with Gasteiger partial charge >= 0.3 is 0 Å². The summed E-state index contributed by atoms with van der Waals surface area (Å²) in [7, 11) is 0. The Morgan fingerprint density at radius 3 is 2.89 bits per heavy atom. The third-order valence-electron chi connectivity index (χ3n) is 3.84. The first kappa shape index (κ1) is 11.7. The van der Waals surface area contributed by atoms with Crippen LogP contribution < -0.4 is 0 Å². The fourth-order valence-electron chi connectivity index (χ4n) is 2.95. The number of ether oxygens (including phenoxy) is 2. The summed E-state index contributed by atoms with van der Waals surface area (Å²) in [4.78, 5) is 0. The zero-order chi connectivity index (χ0) is 12.4. The lowest BCUT2D eigenvalue weighted by atomic mass is 9.81. The largest absolute Gasteiger partial charge is 0.350 e. The minimum Gasteiger partial charge on any atom is -0.350 e. The van der Waals surface area contributed by atoms with Gasteiger partial charge in [-0.15, -0.1) is 0 Å². The third kappa shape index (κ3) is 2.14. The predicted octanol–water partition coefficient (Wildman–Crippen LogP) is 2.55. The Bertz CT molecular complexity index is 472. The van der Waals surface area contributed by atoms with E-state index in [4.69, 9.17) is 9.47 Å². The summed E-state index contributed by atoms with van der Waals surface area (Å²) in [6.45, 7) is 1.39. The number of hydrogen-bond acceptors (Lipinski definition) is 3. The minimum absolute atomic E-state index is 0.0686. The van der Waals surface area contributed by atoms with Gasteiger partial charge in [-0.1, -0.05) is 18.2 Å². The van der Waals surface area contributed by atoms with E-state index in [1.54, 1.807) is 0 Å². The molecule has 18 heavy (non-hydrogen) atoms. The second kappa shape index (κ2) is 5.09. The average Bonchev–Trinajstić information content (AvgIpc) is 2.91. The Morgan fingerprint density at radius 2 is 2.11 bits per heavy atom. The highest BCUT2D eigenvalue weighted by Gasteiger charge is 2.24. The number of rotatable bonds is 2. The van der Waals surface area contributed by atoms with Crippen LogP contribution >= 0.6 is 0 Å². The van der Waals surface area contributed by atoms with Crippen molar-refractivity contribution in [3.8, 4) is 6.07 Å². The van der Waals surface area contributed by atoms with Crippen molar-refractivity contribution < 1.29 is 9.47 Å². The maximum atomic E-state index is 9.21. The lowest BCUT2D eigenvalue weighted by Gasteiger charge is -2.23. The molecule has 94 valence electrons. The molecular formula is C15H17NO2. The van der Waals surface area contributed by atoms with Gasteiger partial charge in [-0.3, -0.25) is 0 Å². The highest BCUT2D eigenvalue weighted by molar-refractivity contribution is 5.41. The molecule has 0 aromatic heterocycles. The second-order valence-electron chi connectivity index (χ2n) is 4.93. The van der Waals surface area contributed by atoms with Gasteiger partial charge in [-0.2, -0.15) is 5.26 Å². The SMILES string of the molecule is N#CC1CCCc2c(CC3OCCO3)cccc21. The van der Waals surface area contributed by atoms with Crippen molar-refractivity contribution in [2.45, 2.75) is 37.9 Å². The summed E-state index contributed by atoms with van der Waals surface area (Å²) in [5.74, 6) is 0.0686. The van der Waals surface area contributed by atoms with Crippen LogP contribution in [-0.4, -0.2) is 19.5 Å². The van der Waals surface area contributed by atoms with Gasteiger partial charge in [0.2, 0.25) is 0 Å². The van der Waals surface area contributed by atoms with E-state index in [1.807, 2.05) is 0 Å². The normalized spacial score (nSPS) is 23.6. The zero-order valence-corrected chi connectivity index (χ0v) is 10.4. The van der Waals surface area contributed by atoms with Crippen LogP contribution in [0.3, 0.4) is 0 Å². The van der Waals surface area contributed by atoms with Crippen molar-refractivity contribution in [1.82, 2.24) is 0 Å². The van der Waals surface area contributed by atoms with E-state index in [2.05, 4.69) is 24.3 Å². The molecule has 0 bridgehead atoms. The van der Waals surface area contributed by atoms with Crippen LogP contribution in [-0.2, 0) is 22.3 Å². The van der Waals surface area contributed by atoms with Gasteiger partial charge in [-0.05, 0) is 36.0 Å². The lowest BCUT2D eigenvalue weighted by Crippen LogP contribution is -2.16. The molecule has 1 heterocycles. The molecule has 0 N–H and O–H groups in total. The number of nitriles is 1. The van der Waals surface area contributed by atoms with E-state index in [9.17, 15) is 5.26 Å². The first-order valence-electron chi connectivity index (χ1n) is 6.62. The van der Waals surface area contributed by atoms with Crippen molar-refractivity contribution in [3.05, 3.63) is 34.9 Å². The molecule has 0 spiro atoms. The molecule has 1 unspecified atom stereocenters. The van der Waals surface area contributed by atoms with Crippen LogP contribution in [0.5, 0.6) is 0 Å². The molecule has 1 aliphatic heterocycles. The van der Waals surface area contributed by atoms with Gasteiger partial charge in [0.15, 0.2) is 6.29 Å². The second-order valence-corrected chi connectivity index (χ2v) is 4.93. The zero-order valence-electron chi connectivity index (χ0n) is 10.4. The maximum Gasteiger partial charge on any atom is 0.161 e. The predicted molar refractivity (Wildman–Crippen MR) is 67.1 cm³/mol. The fourth-order valence-corrected chi connectivity index (χ4v) is 2.95. The van der Waals surface area contributed by atoms with Crippen LogP contribution in [0.15, 0.2) is 18.2 Å². The molecule has 3 nitrogen and oxygen atoms in total. The summed E-state index contributed by atoms with van der Waals surface area (Å²) in [6.07, 6.45) is 3.88. The van der Waals surface area contributed by atoms with Gasteiger partial charge in [0.05, 0.1) is 25.2 Å². The molecule has 1 atom stereocenters. The van der Waals surface area contributed by atoms with Gasteiger partial charge in [-0.25, -0.2) is 0 Å². The van der Waals surface area contributed by atoms with Crippen molar-refractivity contribution in [3.63, 3.8) is 0 Å². The molecule has 0 amide bonds. The van der Waals surface area contributed by atoms with Crippen LogP contribution in [0.25, 0.3) is 0 Å². The quantitative estimate of drug-likeness (QED) is 0.801. The lowest BCUT2D eigenvalue weighted by molar-refractivity contribution is -0.0401. The minimum atomic E-state index is -0.0982. The molecule has 0 saturated carbocycles. The van der Waals surface area contributed by atoms with E-state index >= 15 is 0 Å². The van der Waals surface area contributed by atoms with Crippen LogP contribution in [0.2, 0.25) is 0 Å². The van der Waals surface area contributed by atoms with Gasteiger partial charge in [0, 0.05) is 6.42 Å². The van der Waals surface area contributed by atoms with Gasteiger partial charge in [0.25, 0.3) is 0 Å². The first-order chi connectivity index (χ1) is 8.88. The highest BCUT2D eigenvalue weighted by Crippen LogP contribution is 2.33. The van der Waals surface area contributed by atoms with E-state index in [0.29, 0.717) is 13.2 Å². The Labute approximate surface area is 107 Å². The first-order valence-corrected chi connectivity index (χ1v) is 6.62. The molecule has 1 aromatic rings. The summed E-state index contributed by atoms with van der Waals surface area (Å²) in [5, 5.41) is 9.21. The molecular weight excluding hydrogens is 226 g/mol. The van der Waals surface area contributed by atoms with Crippen molar-refractivity contribution in [2.75, 3.05) is 13.2 Å². The topological polar surface area (TPSA) is 42.2 Å². The average molecular weight is 243 g/mol. The van der Waals surface area contributed by atoms with Crippen molar-refractivity contribution in [1.29, 1.82) is 5.26 Å². The van der Waals surface area contributed by atoms with E-state index < -0.39 is 0 Å². The Balaban J connectivity index is 1.88. The van der Waals surface area contributed by atoms with Crippen LogP contribution in [0.4, 0.5) is 0 Å². The molecule has 3 heteroatoms. The fraction of sp³-hybridized carbons (Fsp3) is 0.533. The summed E-state index contributed by atoms with van der Waals surface area (Å²) < 4.78 is 11.0. The Kier molecular flexibility index (Phi) is 3.31. The summed E-state index contributed by atoms with van der Waals surface area (Å²) in [6, 6.07) is 8.71. The monoisotopic (exact) mass is 243 g/mol. The maximum absolute atomic E-state index is 9.21. The summed E-state index contributed by atoms with van der Waals surface area (Å²) >= 11 is 0. The Morgan fingerprint density at radius 1 is 1.28 bits per heavy atom. The van der Waals surface area contributed by atoms with Gasteiger partial charge in [0.1, 0.15) is 0 Å². The molecule has 1 saturated heterocycles. The molecule has 1 fully saturated rings. The van der Waals surface area contributed by atoms with E-state index in [-0.39, 0.29) is 12.2 Å². The smallest absolute Gasteiger partial charge is 0.161 e. The van der Waals surface area contributed by atoms with Crippen LogP contribution in [0.1, 0.15) is 35.4 Å². The number of hydrogen-bond donors (Lipinski definition) is 0. The molecule has 1 aliphatic carbocycles. The summed E-state index contributed by atoms with van der Waals surface area (Å²) in [5.41, 5.74) is 3.87. The number of nitrogens with zero attached hydrogens (tertiary/aromatic N) is 1. The molecule has 3 rings (SSSR count). The van der Waals surface area contributed by atoms with E-state index in [1.165, 1.54) is 16.7 Å². The van der Waals surface area contributed by atoms with Gasteiger partial charge < -0.3 is 9.47 Å². The molecule has 0 radical (unpaired) electrons. The number of fused-ring (bicyclic) bond motifs is 1. The van der Waals surface area contributed by atoms with Crippen LogP contribution in [0, 0.1) is 11.3 Å². The molecule has 2 aliphatic rings.